The Morgan fingerprint density at radius 3 is 1.50 bits per heavy atom. The molecular formula is C4H11O3P. The van der Waals surface area contributed by atoms with Gasteiger partial charge >= 0.3 is 8.60 Å². The van der Waals surface area contributed by atoms with Crippen molar-refractivity contribution in [3.05, 3.63) is 0 Å². The molecule has 0 saturated heterocycles. The molecular weight excluding hydrogens is 127 g/mol. The third-order valence-electron chi connectivity index (χ3n) is 0.517. The van der Waals surface area contributed by atoms with E-state index >= 15 is 0 Å². The quantitative estimate of drug-likeness (QED) is 0.532. The van der Waals surface area contributed by atoms with Gasteiger partial charge < -0.3 is 14.3 Å². The first-order chi connectivity index (χ1) is 3.77. The normalized spacial score (nSPS) is 15.0. The molecule has 0 heterocycles. The van der Waals surface area contributed by atoms with Crippen LogP contribution in [0.1, 0.15) is 19.3 Å². The van der Waals surface area contributed by atoms with Gasteiger partial charge in [0.25, 0.3) is 0 Å². The molecule has 1 rings (SSSR count). The monoisotopic (exact) mass is 138 g/mol. The Balaban J connectivity index is 0.000000135. The van der Waals surface area contributed by atoms with Crippen LogP contribution in [0, 0.1) is 0 Å². The standard InChI is InChI=1S/C3H6.CH5O3P/c1-2-3-1;1-4-5(2)3/h1-3H2;2-3H,1H3. The molecule has 8 heavy (non-hydrogen) atoms. The average Bonchev–Trinajstić information content (AvgIpc) is 2.48. The van der Waals surface area contributed by atoms with E-state index in [-0.39, 0.29) is 0 Å². The fourth-order valence-corrected chi connectivity index (χ4v) is 0. The lowest BCUT2D eigenvalue weighted by Gasteiger charge is -1.89. The second kappa shape index (κ2) is 5.45. The zero-order valence-corrected chi connectivity index (χ0v) is 5.77. The Hall–Kier alpha value is 0.310. The molecule has 0 atom stereocenters. The lowest BCUT2D eigenvalue weighted by Crippen LogP contribution is -1.67. The minimum Gasteiger partial charge on any atom is -0.328 e. The van der Waals surface area contributed by atoms with Crippen molar-refractivity contribution in [1.82, 2.24) is 0 Å². The van der Waals surface area contributed by atoms with Crippen molar-refractivity contribution in [1.29, 1.82) is 0 Å². The summed E-state index contributed by atoms with van der Waals surface area (Å²) in [5, 5.41) is 0. The van der Waals surface area contributed by atoms with Gasteiger partial charge in [0.2, 0.25) is 0 Å². The number of rotatable bonds is 1. The molecule has 0 aromatic heterocycles. The van der Waals surface area contributed by atoms with Gasteiger partial charge in [-0.2, -0.15) is 0 Å². The highest BCUT2D eigenvalue weighted by molar-refractivity contribution is 7.39. The fourth-order valence-electron chi connectivity index (χ4n) is 0. The van der Waals surface area contributed by atoms with Crippen LogP contribution in [0.15, 0.2) is 0 Å². The molecule has 0 bridgehead atoms. The average molecular weight is 138 g/mol. The first kappa shape index (κ1) is 8.31. The van der Waals surface area contributed by atoms with E-state index in [9.17, 15) is 0 Å². The molecule has 0 amide bonds. The molecule has 1 aliphatic rings. The molecule has 2 N–H and O–H groups in total. The SMILES string of the molecule is C1CC1.COP(O)O. The van der Waals surface area contributed by atoms with Gasteiger partial charge in [-0.3, -0.25) is 0 Å². The smallest absolute Gasteiger partial charge is 0.326 e. The molecule has 3 nitrogen and oxygen atoms in total. The van der Waals surface area contributed by atoms with Crippen LogP contribution in [0.3, 0.4) is 0 Å². The van der Waals surface area contributed by atoms with Crippen LogP contribution < -0.4 is 0 Å². The summed E-state index contributed by atoms with van der Waals surface area (Å²) in [5.74, 6) is 0. The molecule has 0 radical (unpaired) electrons. The third-order valence-corrected chi connectivity index (χ3v) is 0.843. The highest BCUT2D eigenvalue weighted by atomic mass is 31.2. The van der Waals surface area contributed by atoms with Gasteiger partial charge in [-0.15, -0.1) is 0 Å². The Kier molecular flexibility index (Phi) is 5.66. The molecule has 1 fully saturated rings. The summed E-state index contributed by atoms with van der Waals surface area (Å²) >= 11 is 0. The van der Waals surface area contributed by atoms with E-state index in [1.165, 1.54) is 26.4 Å². The van der Waals surface area contributed by atoms with Gasteiger partial charge in [0, 0.05) is 7.11 Å². The van der Waals surface area contributed by atoms with Gasteiger partial charge in [0.1, 0.15) is 0 Å². The zero-order chi connectivity index (χ0) is 6.41. The molecule has 0 unspecified atom stereocenters. The summed E-state index contributed by atoms with van der Waals surface area (Å²) in [6.45, 7) is 0. The van der Waals surface area contributed by atoms with E-state index in [0.717, 1.165) is 0 Å². The van der Waals surface area contributed by atoms with Crippen LogP contribution in [0.25, 0.3) is 0 Å². The molecule has 1 saturated carbocycles. The van der Waals surface area contributed by atoms with Gasteiger partial charge in [0.05, 0.1) is 0 Å². The lowest BCUT2D eigenvalue weighted by molar-refractivity contribution is 0.310. The van der Waals surface area contributed by atoms with Crippen molar-refractivity contribution in [2.45, 2.75) is 19.3 Å². The third kappa shape index (κ3) is 16.2. The van der Waals surface area contributed by atoms with Gasteiger partial charge in [-0.25, -0.2) is 0 Å². The van der Waals surface area contributed by atoms with Crippen LogP contribution in [-0.2, 0) is 4.52 Å². The van der Waals surface area contributed by atoms with Crippen LogP contribution in [0.5, 0.6) is 0 Å². The first-order valence-corrected chi connectivity index (χ1v) is 3.66. The Labute approximate surface area is 50.3 Å². The summed E-state index contributed by atoms with van der Waals surface area (Å²) in [4.78, 5) is 15.5. The maximum Gasteiger partial charge on any atom is 0.326 e. The largest absolute Gasteiger partial charge is 0.328 e. The van der Waals surface area contributed by atoms with Crippen molar-refractivity contribution < 1.29 is 14.3 Å². The molecule has 4 heteroatoms. The summed E-state index contributed by atoms with van der Waals surface area (Å²) in [6, 6.07) is 0. The number of hydrogen-bond acceptors (Lipinski definition) is 3. The van der Waals surface area contributed by atoms with Crippen molar-refractivity contribution in [2.75, 3.05) is 7.11 Å². The molecule has 50 valence electrons. The van der Waals surface area contributed by atoms with E-state index in [0.29, 0.717) is 0 Å². The second-order valence-corrected chi connectivity index (χ2v) is 2.37. The maximum absolute atomic E-state index is 7.76. The number of hydrogen-bond donors (Lipinski definition) is 2. The van der Waals surface area contributed by atoms with E-state index in [1.54, 1.807) is 0 Å². The minimum atomic E-state index is -2.10. The second-order valence-electron chi connectivity index (χ2n) is 1.50. The summed E-state index contributed by atoms with van der Waals surface area (Å²) in [7, 11) is -0.870. The summed E-state index contributed by atoms with van der Waals surface area (Å²) < 4.78 is 3.93. The Morgan fingerprint density at radius 2 is 1.50 bits per heavy atom. The van der Waals surface area contributed by atoms with E-state index in [1.807, 2.05) is 0 Å². The van der Waals surface area contributed by atoms with E-state index < -0.39 is 8.60 Å². The highest BCUT2D eigenvalue weighted by Gasteiger charge is 1.95. The van der Waals surface area contributed by atoms with E-state index in [2.05, 4.69) is 4.52 Å². The first-order valence-electron chi connectivity index (χ1n) is 2.49. The van der Waals surface area contributed by atoms with Crippen molar-refractivity contribution >= 4 is 8.60 Å². The van der Waals surface area contributed by atoms with Crippen molar-refractivity contribution in [2.24, 2.45) is 0 Å². The molecule has 0 aromatic carbocycles. The predicted molar refractivity (Wildman–Crippen MR) is 32.2 cm³/mol. The van der Waals surface area contributed by atoms with Gasteiger partial charge in [0.15, 0.2) is 0 Å². The molecule has 0 aliphatic heterocycles. The van der Waals surface area contributed by atoms with Gasteiger partial charge in [-0.05, 0) is 0 Å². The Morgan fingerprint density at radius 1 is 1.25 bits per heavy atom. The van der Waals surface area contributed by atoms with E-state index in [4.69, 9.17) is 9.79 Å². The van der Waals surface area contributed by atoms with Crippen LogP contribution in [-0.4, -0.2) is 16.9 Å². The maximum atomic E-state index is 7.76. The highest BCUT2D eigenvalue weighted by Crippen LogP contribution is 2.20. The van der Waals surface area contributed by atoms with Crippen molar-refractivity contribution in [3.63, 3.8) is 0 Å². The topological polar surface area (TPSA) is 49.7 Å². The van der Waals surface area contributed by atoms with Crippen LogP contribution in [0.4, 0.5) is 0 Å². The van der Waals surface area contributed by atoms with Crippen LogP contribution in [0.2, 0.25) is 0 Å². The fraction of sp³-hybridized carbons (Fsp3) is 1.00. The minimum absolute atomic E-state index is 1.23. The molecule has 1 aliphatic carbocycles. The van der Waals surface area contributed by atoms with Gasteiger partial charge in [-0.1, -0.05) is 19.3 Å². The summed E-state index contributed by atoms with van der Waals surface area (Å²) in [5.41, 5.74) is 0. The Bertz CT molecular complexity index is 43.8. The van der Waals surface area contributed by atoms with Crippen LogP contribution >= 0.6 is 8.60 Å². The predicted octanol–water partition coefficient (Wildman–Crippen LogP) is 1.01. The van der Waals surface area contributed by atoms with Crippen molar-refractivity contribution in [3.8, 4) is 0 Å². The lowest BCUT2D eigenvalue weighted by atomic mass is 11.0. The zero-order valence-electron chi connectivity index (χ0n) is 4.87. The summed E-state index contributed by atoms with van der Waals surface area (Å²) in [6.07, 6.45) is 4.50. The molecule has 0 aromatic rings. The molecule has 0 spiro atoms.